The monoisotopic (exact) mass is 263 g/mol. The van der Waals surface area contributed by atoms with E-state index < -0.39 is 11.9 Å². The Balaban J connectivity index is 3.27. The van der Waals surface area contributed by atoms with Crippen LogP contribution in [0, 0.1) is 5.82 Å². The lowest BCUT2D eigenvalue weighted by atomic mass is 10.1. The molecule has 0 radical (unpaired) electrons. The fourth-order valence-corrected chi connectivity index (χ4v) is 1.50. The minimum atomic E-state index is -1.05. The number of hydrogen-bond donors (Lipinski definition) is 2. The SMILES string of the molecule is COc1ccc(Br)c(F)c1C(O)CN. The summed E-state index contributed by atoms with van der Waals surface area (Å²) in [5.41, 5.74) is 5.35. The Morgan fingerprint density at radius 2 is 2.29 bits per heavy atom. The van der Waals surface area contributed by atoms with Gasteiger partial charge in [0.05, 0.1) is 23.2 Å². The Labute approximate surface area is 89.8 Å². The van der Waals surface area contributed by atoms with Gasteiger partial charge in [-0.3, -0.25) is 0 Å². The number of aliphatic hydroxyl groups is 1. The molecule has 1 aromatic carbocycles. The van der Waals surface area contributed by atoms with Crippen molar-refractivity contribution < 1.29 is 14.2 Å². The molecule has 5 heteroatoms. The fourth-order valence-electron chi connectivity index (χ4n) is 1.15. The van der Waals surface area contributed by atoms with Gasteiger partial charge in [0.25, 0.3) is 0 Å². The molecule has 0 saturated heterocycles. The number of halogens is 2. The molecule has 14 heavy (non-hydrogen) atoms. The smallest absolute Gasteiger partial charge is 0.146 e. The Hall–Kier alpha value is -0.650. The summed E-state index contributed by atoms with van der Waals surface area (Å²) in [4.78, 5) is 0. The Morgan fingerprint density at radius 3 is 2.79 bits per heavy atom. The molecule has 1 unspecified atom stereocenters. The number of hydrogen-bond acceptors (Lipinski definition) is 3. The summed E-state index contributed by atoms with van der Waals surface area (Å²) in [7, 11) is 1.41. The molecule has 1 atom stereocenters. The molecule has 0 heterocycles. The van der Waals surface area contributed by atoms with Crippen molar-refractivity contribution in [1.29, 1.82) is 0 Å². The average molecular weight is 264 g/mol. The van der Waals surface area contributed by atoms with Gasteiger partial charge in [0.15, 0.2) is 0 Å². The number of benzene rings is 1. The van der Waals surface area contributed by atoms with Crippen LogP contribution in [0.1, 0.15) is 11.7 Å². The summed E-state index contributed by atoms with van der Waals surface area (Å²) in [6, 6.07) is 3.09. The molecule has 0 bridgehead atoms. The van der Waals surface area contributed by atoms with E-state index in [1.54, 1.807) is 6.07 Å². The van der Waals surface area contributed by atoms with E-state index in [-0.39, 0.29) is 16.6 Å². The molecule has 0 spiro atoms. The molecule has 3 N–H and O–H groups in total. The lowest BCUT2D eigenvalue weighted by Gasteiger charge is -2.14. The van der Waals surface area contributed by atoms with Crippen LogP contribution >= 0.6 is 15.9 Å². The molecular weight excluding hydrogens is 253 g/mol. The van der Waals surface area contributed by atoms with E-state index >= 15 is 0 Å². The van der Waals surface area contributed by atoms with Gasteiger partial charge in [0.1, 0.15) is 11.6 Å². The maximum absolute atomic E-state index is 13.5. The minimum Gasteiger partial charge on any atom is -0.496 e. The quantitative estimate of drug-likeness (QED) is 0.871. The van der Waals surface area contributed by atoms with Gasteiger partial charge >= 0.3 is 0 Å². The van der Waals surface area contributed by atoms with Crippen LogP contribution < -0.4 is 10.5 Å². The zero-order chi connectivity index (χ0) is 10.7. The first-order valence-corrected chi connectivity index (χ1v) is 4.81. The molecular formula is C9H11BrFNO2. The predicted molar refractivity (Wildman–Crippen MR) is 54.7 cm³/mol. The van der Waals surface area contributed by atoms with Crippen LogP contribution in [0.2, 0.25) is 0 Å². The van der Waals surface area contributed by atoms with Crippen LogP contribution in [0.15, 0.2) is 16.6 Å². The van der Waals surface area contributed by atoms with Crippen molar-refractivity contribution in [2.45, 2.75) is 6.10 Å². The molecule has 0 aliphatic heterocycles. The van der Waals surface area contributed by atoms with Crippen LogP contribution in [0.4, 0.5) is 4.39 Å². The van der Waals surface area contributed by atoms with Gasteiger partial charge in [-0.05, 0) is 28.1 Å². The van der Waals surface area contributed by atoms with Gasteiger partial charge < -0.3 is 15.6 Å². The predicted octanol–water partition coefficient (Wildman–Crippen LogP) is 1.59. The summed E-state index contributed by atoms with van der Waals surface area (Å²) in [6.45, 7) is -0.0519. The molecule has 0 aliphatic rings. The summed E-state index contributed by atoms with van der Waals surface area (Å²) in [5.74, 6) is -0.244. The van der Waals surface area contributed by atoms with E-state index in [0.29, 0.717) is 5.75 Å². The summed E-state index contributed by atoms with van der Waals surface area (Å²) in [5, 5.41) is 9.48. The molecule has 3 nitrogen and oxygen atoms in total. The van der Waals surface area contributed by atoms with Crippen LogP contribution in [0.25, 0.3) is 0 Å². The Kier molecular flexibility index (Phi) is 3.86. The number of aliphatic hydroxyl groups excluding tert-OH is 1. The lowest BCUT2D eigenvalue weighted by Crippen LogP contribution is -2.14. The standard InChI is InChI=1S/C9H11BrFNO2/c1-14-7-3-2-5(10)9(11)8(7)6(13)4-12/h2-3,6,13H,4,12H2,1H3. The van der Waals surface area contributed by atoms with E-state index in [9.17, 15) is 9.50 Å². The first kappa shape index (κ1) is 11.4. The van der Waals surface area contributed by atoms with E-state index in [1.165, 1.54) is 13.2 Å². The van der Waals surface area contributed by atoms with Crippen LogP contribution in [-0.4, -0.2) is 18.8 Å². The first-order valence-electron chi connectivity index (χ1n) is 4.01. The third-order valence-electron chi connectivity index (χ3n) is 1.87. The summed E-state index contributed by atoms with van der Waals surface area (Å²) in [6.07, 6.45) is -1.05. The molecule has 0 fully saturated rings. The topological polar surface area (TPSA) is 55.5 Å². The van der Waals surface area contributed by atoms with Gasteiger partial charge in [-0.2, -0.15) is 0 Å². The highest BCUT2D eigenvalue weighted by atomic mass is 79.9. The Morgan fingerprint density at radius 1 is 1.64 bits per heavy atom. The summed E-state index contributed by atoms with van der Waals surface area (Å²) < 4.78 is 18.8. The van der Waals surface area contributed by atoms with Gasteiger partial charge in [0, 0.05) is 6.54 Å². The van der Waals surface area contributed by atoms with E-state index in [0.717, 1.165) is 0 Å². The van der Waals surface area contributed by atoms with Crippen molar-refractivity contribution >= 4 is 15.9 Å². The van der Waals surface area contributed by atoms with E-state index in [1.807, 2.05) is 0 Å². The summed E-state index contributed by atoms with van der Waals surface area (Å²) >= 11 is 3.02. The van der Waals surface area contributed by atoms with Gasteiger partial charge in [0.2, 0.25) is 0 Å². The number of ether oxygens (including phenoxy) is 1. The van der Waals surface area contributed by atoms with Crippen molar-refractivity contribution in [3.05, 3.63) is 28.0 Å². The van der Waals surface area contributed by atoms with Crippen molar-refractivity contribution in [1.82, 2.24) is 0 Å². The Bertz CT molecular complexity index is 333. The van der Waals surface area contributed by atoms with Crippen LogP contribution in [0.3, 0.4) is 0 Å². The normalized spacial score (nSPS) is 12.6. The number of rotatable bonds is 3. The largest absolute Gasteiger partial charge is 0.496 e. The molecule has 0 aromatic heterocycles. The van der Waals surface area contributed by atoms with E-state index in [2.05, 4.69) is 15.9 Å². The highest BCUT2D eigenvalue weighted by Gasteiger charge is 2.19. The van der Waals surface area contributed by atoms with Gasteiger partial charge in [-0.15, -0.1) is 0 Å². The third-order valence-corrected chi connectivity index (χ3v) is 2.48. The molecule has 0 saturated carbocycles. The number of nitrogens with two attached hydrogens (primary N) is 1. The lowest BCUT2D eigenvalue weighted by molar-refractivity contribution is 0.176. The number of methoxy groups -OCH3 is 1. The highest BCUT2D eigenvalue weighted by molar-refractivity contribution is 9.10. The second-order valence-electron chi connectivity index (χ2n) is 2.73. The van der Waals surface area contributed by atoms with Gasteiger partial charge in [-0.1, -0.05) is 0 Å². The second kappa shape index (κ2) is 4.72. The highest BCUT2D eigenvalue weighted by Crippen LogP contribution is 2.31. The molecule has 0 aliphatic carbocycles. The van der Waals surface area contributed by atoms with Crippen molar-refractivity contribution in [3.8, 4) is 5.75 Å². The molecule has 1 aromatic rings. The first-order chi connectivity index (χ1) is 6.61. The average Bonchev–Trinajstić information content (AvgIpc) is 2.20. The van der Waals surface area contributed by atoms with Crippen molar-refractivity contribution in [2.75, 3.05) is 13.7 Å². The van der Waals surface area contributed by atoms with Crippen LogP contribution in [0.5, 0.6) is 5.75 Å². The maximum atomic E-state index is 13.5. The maximum Gasteiger partial charge on any atom is 0.146 e. The molecule has 78 valence electrons. The van der Waals surface area contributed by atoms with Gasteiger partial charge in [-0.25, -0.2) is 4.39 Å². The second-order valence-corrected chi connectivity index (χ2v) is 3.58. The molecule has 0 amide bonds. The third kappa shape index (κ3) is 2.05. The van der Waals surface area contributed by atoms with Crippen LogP contribution in [-0.2, 0) is 0 Å². The zero-order valence-corrected chi connectivity index (χ0v) is 9.21. The van der Waals surface area contributed by atoms with Crippen molar-refractivity contribution in [3.63, 3.8) is 0 Å². The van der Waals surface area contributed by atoms with Crippen molar-refractivity contribution in [2.24, 2.45) is 5.73 Å². The zero-order valence-electron chi connectivity index (χ0n) is 7.63. The molecule has 1 rings (SSSR count). The van der Waals surface area contributed by atoms with E-state index in [4.69, 9.17) is 10.5 Å². The fraction of sp³-hybridized carbons (Fsp3) is 0.333. The minimum absolute atomic E-state index is 0.0519.